The molecule has 2 amide bonds. The zero-order valence-corrected chi connectivity index (χ0v) is 20.1. The van der Waals surface area contributed by atoms with Crippen LogP contribution in [0.1, 0.15) is 34.2 Å². The van der Waals surface area contributed by atoms with Gasteiger partial charge < -0.3 is 10.1 Å². The van der Waals surface area contributed by atoms with E-state index in [1.807, 2.05) is 6.92 Å². The number of benzene rings is 2. The number of nitrogens with one attached hydrogen (secondary N) is 2. The number of ether oxygens (including phenoxy) is 1. The fourth-order valence-electron chi connectivity index (χ4n) is 3.04. The van der Waals surface area contributed by atoms with Crippen molar-refractivity contribution in [3.63, 3.8) is 0 Å². The molecule has 2 N–H and O–H groups in total. The summed E-state index contributed by atoms with van der Waals surface area (Å²) in [7, 11) is 1.64. The van der Waals surface area contributed by atoms with Crippen molar-refractivity contribution >= 4 is 46.4 Å². The predicted octanol–water partition coefficient (Wildman–Crippen LogP) is 4.52. The second-order valence-electron chi connectivity index (χ2n) is 7.33. The van der Waals surface area contributed by atoms with Crippen LogP contribution in [-0.2, 0) is 11.8 Å². The zero-order chi connectivity index (χ0) is 24.1. The highest BCUT2D eigenvalue weighted by atomic mass is 35.5. The van der Waals surface area contributed by atoms with Gasteiger partial charge in [0.05, 0.1) is 16.4 Å². The van der Waals surface area contributed by atoms with Gasteiger partial charge in [-0.1, -0.05) is 35.3 Å². The molecule has 0 fully saturated rings. The zero-order valence-electron chi connectivity index (χ0n) is 18.6. The van der Waals surface area contributed by atoms with Gasteiger partial charge in [-0.25, -0.2) is 5.43 Å². The van der Waals surface area contributed by atoms with Gasteiger partial charge in [-0.2, -0.15) is 10.2 Å². The topological polar surface area (TPSA) is 97.6 Å². The molecule has 33 heavy (non-hydrogen) atoms. The van der Waals surface area contributed by atoms with Crippen molar-refractivity contribution in [3.8, 4) is 5.75 Å². The first-order valence-corrected chi connectivity index (χ1v) is 10.7. The Morgan fingerprint density at radius 3 is 2.42 bits per heavy atom. The lowest BCUT2D eigenvalue weighted by Gasteiger charge is -2.10. The summed E-state index contributed by atoms with van der Waals surface area (Å²) in [5.41, 5.74) is 6.10. The van der Waals surface area contributed by atoms with Crippen molar-refractivity contribution in [2.75, 3.05) is 11.9 Å². The fourth-order valence-corrected chi connectivity index (χ4v) is 3.51. The first kappa shape index (κ1) is 24.3. The van der Waals surface area contributed by atoms with Crippen molar-refractivity contribution < 1.29 is 14.3 Å². The third kappa shape index (κ3) is 6.12. The Labute approximate surface area is 201 Å². The summed E-state index contributed by atoms with van der Waals surface area (Å²) in [6.07, 6.45) is 0. The van der Waals surface area contributed by atoms with E-state index in [1.54, 1.807) is 63.4 Å². The van der Waals surface area contributed by atoms with Crippen LogP contribution >= 0.6 is 23.2 Å². The highest BCUT2D eigenvalue weighted by molar-refractivity contribution is 6.34. The lowest BCUT2D eigenvalue weighted by molar-refractivity contribution is -0.118. The molecule has 1 aromatic heterocycles. The Hall–Kier alpha value is -3.36. The van der Waals surface area contributed by atoms with Crippen LogP contribution in [0.4, 0.5) is 5.69 Å². The van der Waals surface area contributed by atoms with Gasteiger partial charge in [-0.05, 0) is 62.2 Å². The first-order chi connectivity index (χ1) is 15.7. The molecule has 10 heteroatoms. The van der Waals surface area contributed by atoms with Gasteiger partial charge in [-0.15, -0.1) is 0 Å². The van der Waals surface area contributed by atoms with Gasteiger partial charge in [-0.3, -0.25) is 14.3 Å². The van der Waals surface area contributed by atoms with E-state index in [9.17, 15) is 9.59 Å². The maximum absolute atomic E-state index is 12.4. The molecule has 0 unspecified atom stereocenters. The van der Waals surface area contributed by atoms with Gasteiger partial charge in [0, 0.05) is 17.8 Å². The van der Waals surface area contributed by atoms with Crippen LogP contribution < -0.4 is 15.5 Å². The minimum Gasteiger partial charge on any atom is -0.483 e. The Morgan fingerprint density at radius 1 is 1.12 bits per heavy atom. The third-order valence-electron chi connectivity index (χ3n) is 4.77. The second kappa shape index (κ2) is 10.5. The first-order valence-electron chi connectivity index (χ1n) is 9.98. The van der Waals surface area contributed by atoms with Crippen molar-refractivity contribution in [2.45, 2.75) is 20.8 Å². The number of aryl methyl sites for hydroxylation is 3. The predicted molar refractivity (Wildman–Crippen MR) is 129 cm³/mol. The van der Waals surface area contributed by atoms with Crippen molar-refractivity contribution in [2.24, 2.45) is 12.1 Å². The van der Waals surface area contributed by atoms with Crippen LogP contribution in [0.15, 0.2) is 47.6 Å². The van der Waals surface area contributed by atoms with E-state index in [-0.39, 0.29) is 23.2 Å². The smallest absolute Gasteiger partial charge is 0.291 e. The number of hydrazone groups is 1. The molecule has 172 valence electrons. The van der Waals surface area contributed by atoms with Crippen LogP contribution in [0, 0.1) is 13.8 Å². The molecule has 0 saturated carbocycles. The molecular weight excluding hydrogens is 465 g/mol. The maximum atomic E-state index is 12.4. The normalized spacial score (nSPS) is 11.3. The Kier molecular flexibility index (Phi) is 7.73. The minimum absolute atomic E-state index is 0.132. The van der Waals surface area contributed by atoms with Gasteiger partial charge in [0.1, 0.15) is 11.4 Å². The van der Waals surface area contributed by atoms with E-state index in [0.717, 1.165) is 11.1 Å². The fraction of sp³-hybridized carbons (Fsp3) is 0.217. The number of aromatic nitrogens is 2. The van der Waals surface area contributed by atoms with E-state index in [4.69, 9.17) is 27.9 Å². The number of carbonyl (C=O) groups excluding carboxylic acids is 2. The number of nitrogens with zero attached hydrogens (tertiary/aromatic N) is 3. The molecule has 8 nitrogen and oxygen atoms in total. The molecule has 0 aliphatic rings. The monoisotopic (exact) mass is 487 g/mol. The summed E-state index contributed by atoms with van der Waals surface area (Å²) in [6, 6.07) is 12.2. The molecule has 0 atom stereocenters. The van der Waals surface area contributed by atoms with Crippen LogP contribution in [0.2, 0.25) is 10.0 Å². The quantitative estimate of drug-likeness (QED) is 0.378. The standard InChI is InChI=1S/C23H23Cl2N5O3/c1-13-11-17(24)7-10-19(13)33-12-20(31)26-18-8-5-16(6-9-18)14(2)27-28-23(32)22-21(25)15(3)29-30(22)4/h5-11H,12H2,1-4H3,(H,26,31)(H,28,32)/b27-14-. The summed E-state index contributed by atoms with van der Waals surface area (Å²) in [5, 5.41) is 11.9. The maximum Gasteiger partial charge on any atom is 0.291 e. The van der Waals surface area contributed by atoms with Gasteiger partial charge in [0.15, 0.2) is 6.61 Å². The SMILES string of the molecule is C/C(=N/NC(=O)c1c(Cl)c(C)nn1C)c1ccc(NC(=O)COc2ccc(Cl)cc2C)cc1. The summed E-state index contributed by atoms with van der Waals surface area (Å²) < 4.78 is 6.96. The summed E-state index contributed by atoms with van der Waals surface area (Å²) in [6.45, 7) is 5.20. The number of hydrogen-bond donors (Lipinski definition) is 2. The van der Waals surface area contributed by atoms with Gasteiger partial charge in [0.2, 0.25) is 0 Å². The molecule has 0 radical (unpaired) electrons. The van der Waals surface area contributed by atoms with E-state index in [0.29, 0.717) is 27.9 Å². The summed E-state index contributed by atoms with van der Waals surface area (Å²) in [4.78, 5) is 24.6. The molecule has 0 saturated heterocycles. The summed E-state index contributed by atoms with van der Waals surface area (Å²) >= 11 is 12.1. The molecule has 0 aliphatic carbocycles. The average molecular weight is 488 g/mol. The van der Waals surface area contributed by atoms with Crippen LogP contribution in [0.25, 0.3) is 0 Å². The van der Waals surface area contributed by atoms with E-state index in [2.05, 4.69) is 20.9 Å². The molecule has 2 aromatic carbocycles. The largest absolute Gasteiger partial charge is 0.483 e. The van der Waals surface area contributed by atoms with Crippen molar-refractivity contribution in [1.29, 1.82) is 0 Å². The molecule has 3 rings (SSSR count). The van der Waals surface area contributed by atoms with Crippen molar-refractivity contribution in [3.05, 3.63) is 75.0 Å². The second-order valence-corrected chi connectivity index (χ2v) is 8.15. The average Bonchev–Trinajstić information content (AvgIpc) is 3.03. The lowest BCUT2D eigenvalue weighted by atomic mass is 10.1. The van der Waals surface area contributed by atoms with E-state index in [1.165, 1.54) is 4.68 Å². The number of halogens is 2. The number of amides is 2. The molecule has 0 bridgehead atoms. The molecule has 3 aromatic rings. The van der Waals surface area contributed by atoms with Crippen LogP contribution in [0.5, 0.6) is 5.75 Å². The molecule has 0 aliphatic heterocycles. The van der Waals surface area contributed by atoms with E-state index < -0.39 is 5.91 Å². The minimum atomic E-state index is -0.456. The Bertz CT molecular complexity index is 1220. The number of carbonyl (C=O) groups is 2. The molecule has 1 heterocycles. The van der Waals surface area contributed by atoms with Gasteiger partial charge in [0.25, 0.3) is 11.8 Å². The highest BCUT2D eigenvalue weighted by Crippen LogP contribution is 2.22. The molecular formula is C23H23Cl2N5O3. The Morgan fingerprint density at radius 2 is 1.82 bits per heavy atom. The lowest BCUT2D eigenvalue weighted by Crippen LogP contribution is -2.22. The van der Waals surface area contributed by atoms with Crippen LogP contribution in [0.3, 0.4) is 0 Å². The molecule has 0 spiro atoms. The highest BCUT2D eigenvalue weighted by Gasteiger charge is 2.18. The number of hydrogen-bond acceptors (Lipinski definition) is 5. The Balaban J connectivity index is 1.56. The van der Waals surface area contributed by atoms with E-state index >= 15 is 0 Å². The van der Waals surface area contributed by atoms with Gasteiger partial charge >= 0.3 is 0 Å². The third-order valence-corrected chi connectivity index (χ3v) is 5.46. The number of anilines is 1. The van der Waals surface area contributed by atoms with Crippen LogP contribution in [-0.4, -0.2) is 33.9 Å². The van der Waals surface area contributed by atoms with Crippen molar-refractivity contribution in [1.82, 2.24) is 15.2 Å². The summed E-state index contributed by atoms with van der Waals surface area (Å²) in [5.74, 6) is -0.151. The number of rotatable bonds is 7.